The van der Waals surface area contributed by atoms with E-state index in [9.17, 15) is 14.9 Å². The average molecular weight is 396 g/mol. The van der Waals surface area contributed by atoms with Crippen molar-refractivity contribution in [1.29, 1.82) is 0 Å². The second-order valence-corrected chi connectivity index (χ2v) is 5.65. The summed E-state index contributed by atoms with van der Waals surface area (Å²) in [7, 11) is 3.04. The highest BCUT2D eigenvalue weighted by Gasteiger charge is 2.13. The van der Waals surface area contributed by atoms with Crippen LogP contribution in [0.3, 0.4) is 0 Å². The first kappa shape index (κ1) is 19.5. The minimum absolute atomic E-state index is 0.0276. The predicted molar refractivity (Wildman–Crippen MR) is 104 cm³/mol. The molecule has 3 rings (SSSR count). The van der Waals surface area contributed by atoms with Gasteiger partial charge in [-0.15, -0.1) is 5.10 Å². The van der Waals surface area contributed by atoms with Gasteiger partial charge in [-0.05, 0) is 42.0 Å². The molecule has 10 nitrogen and oxygen atoms in total. The van der Waals surface area contributed by atoms with Crippen LogP contribution in [0.1, 0.15) is 5.56 Å². The maximum absolute atomic E-state index is 12.0. The number of carbonyl (C=O) groups is 1. The number of non-ortho nitro benzene ring substituents is 1. The average Bonchev–Trinajstić information content (AvgIpc) is 3.20. The number of nitro benzene ring substituents is 1. The summed E-state index contributed by atoms with van der Waals surface area (Å²) in [6.07, 6.45) is 2.76. The highest BCUT2D eigenvalue weighted by atomic mass is 16.6. The number of hydrogen-bond donors (Lipinski definition) is 1. The molecule has 0 saturated heterocycles. The third-order valence-electron chi connectivity index (χ3n) is 3.82. The molecule has 0 spiro atoms. The monoisotopic (exact) mass is 396 g/mol. The lowest BCUT2D eigenvalue weighted by Crippen LogP contribution is -2.07. The fraction of sp³-hybridized carbons (Fsp3) is 0.105. The van der Waals surface area contributed by atoms with E-state index >= 15 is 0 Å². The number of benzene rings is 2. The summed E-state index contributed by atoms with van der Waals surface area (Å²) >= 11 is 0. The van der Waals surface area contributed by atoms with Crippen LogP contribution >= 0.6 is 0 Å². The van der Waals surface area contributed by atoms with E-state index in [0.29, 0.717) is 22.6 Å². The molecule has 0 fully saturated rings. The van der Waals surface area contributed by atoms with Crippen molar-refractivity contribution in [3.8, 4) is 23.0 Å². The van der Waals surface area contributed by atoms with Crippen molar-refractivity contribution in [2.24, 2.45) is 0 Å². The van der Waals surface area contributed by atoms with Crippen molar-refractivity contribution in [1.82, 2.24) is 10.2 Å². The summed E-state index contributed by atoms with van der Waals surface area (Å²) in [4.78, 5) is 22.2. The molecule has 2 aromatic carbocycles. The first-order chi connectivity index (χ1) is 14.0. The zero-order valence-electron chi connectivity index (χ0n) is 15.5. The second-order valence-electron chi connectivity index (χ2n) is 5.65. The largest absolute Gasteiger partial charge is 0.493 e. The van der Waals surface area contributed by atoms with Crippen LogP contribution in [0, 0.1) is 10.1 Å². The molecule has 3 aromatic rings. The Morgan fingerprint density at radius 1 is 1.10 bits per heavy atom. The summed E-state index contributed by atoms with van der Waals surface area (Å²) in [5.74, 6) is 0.756. The smallest absolute Gasteiger partial charge is 0.322 e. The Balaban J connectivity index is 1.66. The second kappa shape index (κ2) is 8.65. The Hall–Kier alpha value is -4.21. The quantitative estimate of drug-likeness (QED) is 0.366. The summed E-state index contributed by atoms with van der Waals surface area (Å²) in [5.41, 5.74) is 1.19. The number of ether oxygens (including phenoxy) is 2. The summed E-state index contributed by atoms with van der Waals surface area (Å²) in [6.45, 7) is 0. The van der Waals surface area contributed by atoms with Crippen LogP contribution in [0.15, 0.2) is 53.0 Å². The summed E-state index contributed by atoms with van der Waals surface area (Å²) in [6, 6.07) is 10.8. The Kier molecular flexibility index (Phi) is 5.83. The Labute approximate surface area is 164 Å². The third kappa shape index (κ3) is 4.75. The zero-order valence-corrected chi connectivity index (χ0v) is 15.5. The van der Waals surface area contributed by atoms with Gasteiger partial charge in [-0.3, -0.25) is 20.2 Å². The van der Waals surface area contributed by atoms with Gasteiger partial charge in [0.25, 0.3) is 11.6 Å². The Bertz CT molecular complexity index is 1060. The number of nitrogens with one attached hydrogen (secondary N) is 1. The molecular weight excluding hydrogens is 380 g/mol. The minimum Gasteiger partial charge on any atom is -0.493 e. The number of carbonyl (C=O) groups excluding carboxylic acids is 1. The van der Waals surface area contributed by atoms with Crippen LogP contribution in [0.5, 0.6) is 11.5 Å². The molecule has 10 heteroatoms. The molecule has 0 atom stereocenters. The lowest BCUT2D eigenvalue weighted by molar-refractivity contribution is -0.384. The maximum atomic E-state index is 12.0. The number of rotatable bonds is 7. The summed E-state index contributed by atoms with van der Waals surface area (Å²) in [5, 5.41) is 20.8. The van der Waals surface area contributed by atoms with Crippen molar-refractivity contribution in [2.45, 2.75) is 0 Å². The maximum Gasteiger partial charge on any atom is 0.322 e. The van der Waals surface area contributed by atoms with Gasteiger partial charge in [-0.25, -0.2) is 0 Å². The normalized spacial score (nSPS) is 10.7. The van der Waals surface area contributed by atoms with E-state index in [-0.39, 0.29) is 17.6 Å². The van der Waals surface area contributed by atoms with Gasteiger partial charge < -0.3 is 13.9 Å². The molecule has 29 heavy (non-hydrogen) atoms. The third-order valence-corrected chi connectivity index (χ3v) is 3.82. The number of nitrogens with zero attached hydrogens (tertiary/aromatic N) is 3. The molecule has 0 aliphatic heterocycles. The van der Waals surface area contributed by atoms with Crippen molar-refractivity contribution in [3.05, 3.63) is 64.2 Å². The molecular formula is C19H16N4O6. The van der Waals surface area contributed by atoms with Gasteiger partial charge in [-0.1, -0.05) is 5.10 Å². The van der Waals surface area contributed by atoms with Crippen LogP contribution in [0.4, 0.5) is 11.7 Å². The first-order valence-electron chi connectivity index (χ1n) is 8.29. The molecule has 0 bridgehead atoms. The van der Waals surface area contributed by atoms with Crippen molar-refractivity contribution in [3.63, 3.8) is 0 Å². The van der Waals surface area contributed by atoms with E-state index < -0.39 is 10.8 Å². The van der Waals surface area contributed by atoms with Crippen molar-refractivity contribution in [2.75, 3.05) is 19.5 Å². The highest BCUT2D eigenvalue weighted by molar-refractivity contribution is 6.00. The van der Waals surface area contributed by atoms with E-state index in [1.165, 1.54) is 50.6 Å². The molecule has 0 aliphatic rings. The summed E-state index contributed by atoms with van der Waals surface area (Å²) < 4.78 is 15.9. The zero-order chi connectivity index (χ0) is 20.8. The van der Waals surface area contributed by atoms with Gasteiger partial charge in [0.1, 0.15) is 0 Å². The fourth-order valence-corrected chi connectivity index (χ4v) is 2.39. The van der Waals surface area contributed by atoms with Crippen LogP contribution in [0.2, 0.25) is 0 Å². The number of anilines is 1. The molecule has 1 N–H and O–H groups in total. The molecule has 1 aromatic heterocycles. The lowest BCUT2D eigenvalue weighted by Gasteiger charge is -2.07. The number of aromatic nitrogens is 2. The Morgan fingerprint density at radius 2 is 1.83 bits per heavy atom. The molecule has 0 unspecified atom stereocenters. The first-order valence-corrected chi connectivity index (χ1v) is 8.29. The lowest BCUT2D eigenvalue weighted by atomic mass is 10.2. The van der Waals surface area contributed by atoms with Crippen molar-refractivity contribution >= 4 is 23.7 Å². The van der Waals surface area contributed by atoms with Crippen LogP contribution < -0.4 is 14.8 Å². The van der Waals surface area contributed by atoms with E-state index in [1.54, 1.807) is 18.2 Å². The van der Waals surface area contributed by atoms with Gasteiger partial charge in [-0.2, -0.15) is 0 Å². The van der Waals surface area contributed by atoms with Gasteiger partial charge in [0.05, 0.1) is 19.1 Å². The number of amides is 1. The minimum atomic E-state index is -0.495. The topological polar surface area (TPSA) is 130 Å². The number of hydrogen-bond acceptors (Lipinski definition) is 8. The molecule has 0 saturated carbocycles. The van der Waals surface area contributed by atoms with E-state index in [2.05, 4.69) is 15.5 Å². The number of methoxy groups -OCH3 is 2. The predicted octanol–water partition coefficient (Wildman–Crippen LogP) is 3.31. The van der Waals surface area contributed by atoms with Gasteiger partial charge in [0, 0.05) is 23.8 Å². The molecule has 148 valence electrons. The number of nitro groups is 1. The fourth-order valence-electron chi connectivity index (χ4n) is 2.39. The van der Waals surface area contributed by atoms with E-state index in [1.807, 2.05) is 0 Å². The van der Waals surface area contributed by atoms with Gasteiger partial charge in [0.2, 0.25) is 5.89 Å². The highest BCUT2D eigenvalue weighted by Crippen LogP contribution is 2.32. The van der Waals surface area contributed by atoms with Crippen LogP contribution in [0.25, 0.3) is 17.5 Å². The molecule has 0 radical (unpaired) electrons. The van der Waals surface area contributed by atoms with E-state index in [4.69, 9.17) is 13.9 Å². The van der Waals surface area contributed by atoms with Gasteiger partial charge in [0.15, 0.2) is 11.5 Å². The molecule has 1 amide bonds. The Morgan fingerprint density at radius 3 is 2.48 bits per heavy atom. The standard InChI is InChI=1S/C19H16N4O6/c1-27-15-9-6-13(11-16(15)28-2)18-21-22-19(29-18)20-17(24)10-5-12-3-7-14(8-4-12)23(25)26/h3-11H,1-2H3,(H,20,22,24)/b10-5-. The van der Waals surface area contributed by atoms with Gasteiger partial charge >= 0.3 is 6.01 Å². The van der Waals surface area contributed by atoms with Crippen LogP contribution in [-0.2, 0) is 4.79 Å². The van der Waals surface area contributed by atoms with Crippen molar-refractivity contribution < 1.29 is 23.6 Å². The van der Waals surface area contributed by atoms with Crippen LogP contribution in [-0.4, -0.2) is 35.2 Å². The van der Waals surface area contributed by atoms with E-state index in [0.717, 1.165) is 0 Å². The SMILES string of the molecule is COc1ccc(-c2nnc(NC(=O)/C=C\c3ccc([N+](=O)[O-])cc3)o2)cc1OC. The molecule has 0 aliphatic carbocycles. The molecule has 1 heterocycles.